The summed E-state index contributed by atoms with van der Waals surface area (Å²) in [6.07, 6.45) is 3.96. The van der Waals surface area contributed by atoms with Gasteiger partial charge in [0.25, 0.3) is 0 Å². The first-order chi connectivity index (χ1) is 7.72. The van der Waals surface area contributed by atoms with Gasteiger partial charge in [-0.2, -0.15) is 5.26 Å². The molecule has 0 aliphatic carbocycles. The quantitative estimate of drug-likeness (QED) is 0.709. The van der Waals surface area contributed by atoms with Crippen LogP contribution in [0.5, 0.6) is 0 Å². The molecule has 0 bridgehead atoms. The molecule has 0 saturated carbocycles. The summed E-state index contributed by atoms with van der Waals surface area (Å²) in [4.78, 5) is 11.9. The maximum atomic E-state index is 11.9. The molecule has 1 aromatic heterocycles. The molecular formula is C12H6ClNO2. The molecule has 0 aliphatic rings. The van der Waals surface area contributed by atoms with Crippen molar-refractivity contribution in [1.82, 2.24) is 0 Å². The standard InChI is InChI=1S/C12H6ClNO2/c13-9-3-4-11-10(6-9)12(15)8(7-16-11)2-1-5-14/h1-4,6-7H/b2-1+. The minimum Gasteiger partial charge on any atom is -0.463 e. The first-order valence-electron chi connectivity index (χ1n) is 4.49. The molecule has 0 unspecified atom stereocenters. The highest BCUT2D eigenvalue weighted by molar-refractivity contribution is 6.31. The molecule has 0 spiro atoms. The number of fused-ring (bicyclic) bond motifs is 1. The van der Waals surface area contributed by atoms with Gasteiger partial charge in [0.05, 0.1) is 17.0 Å². The third-order valence-corrected chi connectivity index (χ3v) is 2.33. The summed E-state index contributed by atoms with van der Waals surface area (Å²) in [5.41, 5.74) is 0.607. The van der Waals surface area contributed by atoms with Crippen LogP contribution >= 0.6 is 11.6 Å². The van der Waals surface area contributed by atoms with Gasteiger partial charge in [0.15, 0.2) is 5.43 Å². The number of allylic oxidation sites excluding steroid dienone is 1. The average molecular weight is 232 g/mol. The molecule has 2 aromatic rings. The molecule has 3 nitrogen and oxygen atoms in total. The molecule has 1 heterocycles. The van der Waals surface area contributed by atoms with E-state index in [-0.39, 0.29) is 5.43 Å². The van der Waals surface area contributed by atoms with Crippen molar-refractivity contribution in [1.29, 1.82) is 5.26 Å². The second-order valence-electron chi connectivity index (χ2n) is 3.12. The van der Waals surface area contributed by atoms with E-state index in [1.807, 2.05) is 6.07 Å². The van der Waals surface area contributed by atoms with Gasteiger partial charge in [-0.05, 0) is 24.3 Å². The fourth-order valence-corrected chi connectivity index (χ4v) is 1.53. The average Bonchev–Trinajstić information content (AvgIpc) is 2.29. The monoisotopic (exact) mass is 231 g/mol. The smallest absolute Gasteiger partial charge is 0.199 e. The Hall–Kier alpha value is -2.05. The molecule has 1 aromatic carbocycles. The fourth-order valence-electron chi connectivity index (χ4n) is 1.36. The van der Waals surface area contributed by atoms with Gasteiger partial charge in [-0.1, -0.05) is 11.6 Å². The maximum Gasteiger partial charge on any atom is 0.199 e. The van der Waals surface area contributed by atoms with E-state index in [4.69, 9.17) is 21.3 Å². The van der Waals surface area contributed by atoms with Gasteiger partial charge in [0.1, 0.15) is 11.8 Å². The van der Waals surface area contributed by atoms with E-state index >= 15 is 0 Å². The first-order valence-corrected chi connectivity index (χ1v) is 4.87. The van der Waals surface area contributed by atoms with Crippen LogP contribution in [-0.4, -0.2) is 0 Å². The number of benzene rings is 1. The first kappa shape index (κ1) is 10.5. The van der Waals surface area contributed by atoms with Crippen molar-refractivity contribution in [3.8, 4) is 6.07 Å². The van der Waals surface area contributed by atoms with E-state index in [1.165, 1.54) is 18.4 Å². The zero-order valence-corrected chi connectivity index (χ0v) is 8.86. The SMILES string of the molecule is N#C/C=C/c1coc2ccc(Cl)cc2c1=O. The minimum atomic E-state index is -0.199. The van der Waals surface area contributed by atoms with Crippen molar-refractivity contribution in [3.63, 3.8) is 0 Å². The summed E-state index contributed by atoms with van der Waals surface area (Å²) in [6.45, 7) is 0. The van der Waals surface area contributed by atoms with Crippen molar-refractivity contribution < 1.29 is 4.42 Å². The van der Waals surface area contributed by atoms with Gasteiger partial charge in [-0.25, -0.2) is 0 Å². The molecule has 16 heavy (non-hydrogen) atoms. The highest BCUT2D eigenvalue weighted by Crippen LogP contribution is 2.17. The van der Waals surface area contributed by atoms with Crippen LogP contribution in [-0.2, 0) is 0 Å². The van der Waals surface area contributed by atoms with Crippen molar-refractivity contribution in [2.45, 2.75) is 0 Å². The lowest BCUT2D eigenvalue weighted by molar-refractivity contribution is 0.601. The molecule has 0 atom stereocenters. The Labute approximate surface area is 96.2 Å². The fraction of sp³-hybridized carbons (Fsp3) is 0. The van der Waals surface area contributed by atoms with Crippen LogP contribution in [0.3, 0.4) is 0 Å². The minimum absolute atomic E-state index is 0.199. The van der Waals surface area contributed by atoms with Gasteiger partial charge < -0.3 is 4.42 Å². The van der Waals surface area contributed by atoms with Gasteiger partial charge in [0, 0.05) is 11.1 Å². The Bertz CT molecular complexity index is 665. The van der Waals surface area contributed by atoms with Gasteiger partial charge in [-0.15, -0.1) is 0 Å². The maximum absolute atomic E-state index is 11.9. The normalized spacial score (nSPS) is 10.8. The number of nitriles is 1. The highest BCUT2D eigenvalue weighted by Gasteiger charge is 2.04. The van der Waals surface area contributed by atoms with Gasteiger partial charge in [-0.3, -0.25) is 4.79 Å². The molecule has 0 aliphatic heterocycles. The van der Waals surface area contributed by atoms with E-state index in [0.29, 0.717) is 21.6 Å². The zero-order chi connectivity index (χ0) is 11.5. The van der Waals surface area contributed by atoms with Crippen LogP contribution in [0.2, 0.25) is 5.02 Å². The lowest BCUT2D eigenvalue weighted by Crippen LogP contribution is -2.04. The van der Waals surface area contributed by atoms with Gasteiger partial charge in [0.2, 0.25) is 0 Å². The lowest BCUT2D eigenvalue weighted by atomic mass is 10.1. The summed E-state index contributed by atoms with van der Waals surface area (Å²) in [6, 6.07) is 6.65. The van der Waals surface area contributed by atoms with E-state index in [2.05, 4.69) is 0 Å². The Morgan fingerprint density at radius 1 is 1.44 bits per heavy atom. The molecule has 78 valence electrons. The Balaban J connectivity index is 2.74. The summed E-state index contributed by atoms with van der Waals surface area (Å²) in [7, 11) is 0. The lowest BCUT2D eigenvalue weighted by Gasteiger charge is -1.98. The summed E-state index contributed by atoms with van der Waals surface area (Å²) < 4.78 is 5.26. The van der Waals surface area contributed by atoms with E-state index < -0.39 is 0 Å². The number of rotatable bonds is 1. The van der Waals surface area contributed by atoms with Crippen molar-refractivity contribution in [2.24, 2.45) is 0 Å². The van der Waals surface area contributed by atoms with Crippen LogP contribution in [0.15, 0.2) is 39.7 Å². The molecule has 0 radical (unpaired) electrons. The molecule has 2 rings (SSSR count). The van der Waals surface area contributed by atoms with Crippen LogP contribution < -0.4 is 5.43 Å². The van der Waals surface area contributed by atoms with Crippen molar-refractivity contribution in [3.05, 3.63) is 51.3 Å². The molecule has 0 fully saturated rings. The Morgan fingerprint density at radius 3 is 3.00 bits per heavy atom. The Morgan fingerprint density at radius 2 is 2.25 bits per heavy atom. The second kappa shape index (κ2) is 4.21. The van der Waals surface area contributed by atoms with Gasteiger partial charge >= 0.3 is 0 Å². The molecule has 0 N–H and O–H groups in total. The molecule has 4 heteroatoms. The van der Waals surface area contributed by atoms with Crippen LogP contribution in [0.4, 0.5) is 0 Å². The molecular weight excluding hydrogens is 226 g/mol. The summed E-state index contributed by atoms with van der Waals surface area (Å²) in [5.74, 6) is 0. The molecule has 0 saturated heterocycles. The second-order valence-corrected chi connectivity index (χ2v) is 3.56. The van der Waals surface area contributed by atoms with Crippen LogP contribution in [0.25, 0.3) is 17.0 Å². The highest BCUT2D eigenvalue weighted by atomic mass is 35.5. The van der Waals surface area contributed by atoms with Crippen LogP contribution in [0, 0.1) is 11.3 Å². The van der Waals surface area contributed by atoms with E-state index in [0.717, 1.165) is 0 Å². The number of hydrogen-bond acceptors (Lipinski definition) is 3. The predicted molar refractivity (Wildman–Crippen MR) is 62.1 cm³/mol. The molecule has 0 amide bonds. The largest absolute Gasteiger partial charge is 0.463 e. The summed E-state index contributed by atoms with van der Waals surface area (Å²) >= 11 is 5.80. The third kappa shape index (κ3) is 1.83. The number of halogens is 1. The van der Waals surface area contributed by atoms with Crippen molar-refractivity contribution in [2.75, 3.05) is 0 Å². The van der Waals surface area contributed by atoms with Crippen molar-refractivity contribution >= 4 is 28.6 Å². The Kier molecular flexibility index (Phi) is 2.76. The zero-order valence-electron chi connectivity index (χ0n) is 8.11. The van der Waals surface area contributed by atoms with E-state index in [1.54, 1.807) is 18.2 Å². The van der Waals surface area contributed by atoms with Crippen LogP contribution in [0.1, 0.15) is 5.56 Å². The summed E-state index contributed by atoms with van der Waals surface area (Å²) in [5, 5.41) is 9.27. The number of nitrogens with zero attached hydrogens (tertiary/aromatic N) is 1. The number of hydrogen-bond donors (Lipinski definition) is 0. The third-order valence-electron chi connectivity index (χ3n) is 2.10. The van der Waals surface area contributed by atoms with E-state index in [9.17, 15) is 4.79 Å². The topological polar surface area (TPSA) is 54.0 Å². The predicted octanol–water partition coefficient (Wildman–Crippen LogP) is 2.98.